The molecule has 0 unspecified atom stereocenters. The molecular formula is C25H31F4NO5Si. The van der Waals surface area contributed by atoms with Gasteiger partial charge in [0.1, 0.15) is 12.4 Å². The molecule has 0 aromatic heterocycles. The fourth-order valence-corrected chi connectivity index (χ4v) is 3.68. The Labute approximate surface area is 209 Å². The van der Waals surface area contributed by atoms with Crippen molar-refractivity contribution in [2.45, 2.75) is 52.4 Å². The average molecular weight is 530 g/mol. The van der Waals surface area contributed by atoms with Crippen LogP contribution in [0.2, 0.25) is 18.1 Å². The lowest BCUT2D eigenvalue weighted by Crippen LogP contribution is -2.41. The number of rotatable bonds is 11. The summed E-state index contributed by atoms with van der Waals surface area (Å²) in [5, 5.41) is 2.50. The molecule has 0 atom stereocenters. The van der Waals surface area contributed by atoms with Gasteiger partial charge in [0.05, 0.1) is 6.61 Å². The maximum Gasteiger partial charge on any atom is 0.387 e. The summed E-state index contributed by atoms with van der Waals surface area (Å²) in [6, 6.07) is 6.81. The monoisotopic (exact) mass is 529 g/mol. The lowest BCUT2D eigenvalue weighted by Gasteiger charge is -2.36. The standard InChI is InChI=1S/C25H31F4NO5Si/c1-7-20(34-17-9-10-18(26)19(27)15-17)23(31)30-16-8-11-21(22(14-16)35-24(28)29)32-12-13-33-36(5,6)25(2,3)4/h7-11,14-15,24H,12-13H2,1-6H3,(H,30,31). The summed E-state index contributed by atoms with van der Waals surface area (Å²) in [4.78, 5) is 12.6. The van der Waals surface area contributed by atoms with E-state index in [9.17, 15) is 22.4 Å². The van der Waals surface area contributed by atoms with Gasteiger partial charge in [-0.15, -0.1) is 0 Å². The van der Waals surface area contributed by atoms with Crippen LogP contribution < -0.4 is 19.5 Å². The Hall–Kier alpha value is -3.05. The zero-order valence-corrected chi connectivity index (χ0v) is 22.1. The van der Waals surface area contributed by atoms with Crippen molar-refractivity contribution >= 4 is 19.9 Å². The number of amides is 1. The largest absolute Gasteiger partial charge is 0.487 e. The highest BCUT2D eigenvalue weighted by Gasteiger charge is 2.36. The van der Waals surface area contributed by atoms with Crippen LogP contribution >= 0.6 is 0 Å². The van der Waals surface area contributed by atoms with E-state index in [1.807, 2.05) is 0 Å². The summed E-state index contributed by atoms with van der Waals surface area (Å²) in [7, 11) is -1.99. The zero-order chi connectivity index (χ0) is 27.1. The third-order valence-electron chi connectivity index (χ3n) is 5.63. The van der Waals surface area contributed by atoms with Crippen molar-refractivity contribution in [2.75, 3.05) is 18.5 Å². The van der Waals surface area contributed by atoms with Gasteiger partial charge >= 0.3 is 6.61 Å². The van der Waals surface area contributed by atoms with Crippen molar-refractivity contribution < 1.29 is 41.0 Å². The van der Waals surface area contributed by atoms with E-state index >= 15 is 0 Å². The van der Waals surface area contributed by atoms with E-state index in [1.165, 1.54) is 31.2 Å². The molecule has 11 heteroatoms. The normalized spacial score (nSPS) is 12.5. The van der Waals surface area contributed by atoms with Gasteiger partial charge in [0.2, 0.25) is 0 Å². The van der Waals surface area contributed by atoms with Gasteiger partial charge in [0.15, 0.2) is 37.2 Å². The number of benzene rings is 2. The van der Waals surface area contributed by atoms with Crippen molar-refractivity contribution in [3.05, 3.63) is 59.9 Å². The number of halogens is 4. The smallest absolute Gasteiger partial charge is 0.387 e. The number of allylic oxidation sites excluding steroid dienone is 1. The molecule has 0 aliphatic rings. The molecule has 0 heterocycles. The van der Waals surface area contributed by atoms with Gasteiger partial charge < -0.3 is 24.0 Å². The number of carbonyl (C=O) groups excluding carboxylic acids is 1. The first-order valence-electron chi connectivity index (χ1n) is 11.2. The zero-order valence-electron chi connectivity index (χ0n) is 21.1. The van der Waals surface area contributed by atoms with Crippen LogP contribution in [0.15, 0.2) is 48.2 Å². The van der Waals surface area contributed by atoms with Gasteiger partial charge in [-0.05, 0) is 55.4 Å². The second-order valence-electron chi connectivity index (χ2n) is 9.28. The lowest BCUT2D eigenvalue weighted by atomic mass is 10.2. The Bertz CT molecular complexity index is 1090. The molecule has 0 saturated carbocycles. The number of ether oxygens (including phenoxy) is 3. The predicted octanol–water partition coefficient (Wildman–Crippen LogP) is 6.89. The number of alkyl halides is 2. The van der Waals surface area contributed by atoms with Gasteiger partial charge in [0, 0.05) is 17.8 Å². The fourth-order valence-electron chi connectivity index (χ4n) is 2.65. The number of hydrogen-bond donors (Lipinski definition) is 1. The molecule has 2 aromatic carbocycles. The highest BCUT2D eigenvalue weighted by Crippen LogP contribution is 2.37. The van der Waals surface area contributed by atoms with E-state index in [4.69, 9.17) is 13.9 Å². The van der Waals surface area contributed by atoms with Crippen LogP contribution in [0.1, 0.15) is 27.7 Å². The molecule has 1 amide bonds. The Morgan fingerprint density at radius 3 is 2.31 bits per heavy atom. The molecule has 0 bridgehead atoms. The van der Waals surface area contributed by atoms with E-state index in [2.05, 4.69) is 43.9 Å². The number of hydrogen-bond acceptors (Lipinski definition) is 5. The van der Waals surface area contributed by atoms with Crippen LogP contribution in [0.25, 0.3) is 0 Å². The number of anilines is 1. The van der Waals surface area contributed by atoms with E-state index < -0.39 is 32.5 Å². The highest BCUT2D eigenvalue weighted by molar-refractivity contribution is 6.74. The van der Waals surface area contributed by atoms with Gasteiger partial charge in [-0.3, -0.25) is 4.79 Å². The topological polar surface area (TPSA) is 66.0 Å². The highest BCUT2D eigenvalue weighted by atomic mass is 28.4. The maximum absolute atomic E-state index is 13.4. The minimum absolute atomic E-state index is 0.0111. The summed E-state index contributed by atoms with van der Waals surface area (Å²) in [6.45, 7) is 9.25. The fraction of sp³-hybridized carbons (Fsp3) is 0.400. The van der Waals surface area contributed by atoms with Gasteiger partial charge in [-0.2, -0.15) is 8.78 Å². The Kier molecular flexibility index (Phi) is 9.94. The third-order valence-corrected chi connectivity index (χ3v) is 10.2. The minimum atomic E-state index is -3.12. The Balaban J connectivity index is 2.08. The maximum atomic E-state index is 13.4. The minimum Gasteiger partial charge on any atom is -0.487 e. The van der Waals surface area contributed by atoms with Crippen molar-refractivity contribution in [3.8, 4) is 17.2 Å². The molecule has 198 valence electrons. The van der Waals surface area contributed by atoms with Gasteiger partial charge in [-0.1, -0.05) is 20.8 Å². The van der Waals surface area contributed by atoms with Crippen LogP contribution in [-0.4, -0.2) is 34.0 Å². The van der Waals surface area contributed by atoms with E-state index in [0.29, 0.717) is 0 Å². The summed E-state index contributed by atoms with van der Waals surface area (Å²) >= 11 is 0. The predicted molar refractivity (Wildman–Crippen MR) is 131 cm³/mol. The van der Waals surface area contributed by atoms with Crippen LogP contribution in [-0.2, 0) is 9.22 Å². The summed E-state index contributed by atoms with van der Waals surface area (Å²) in [5.74, 6) is -3.49. The molecule has 0 fully saturated rings. The molecule has 2 rings (SSSR count). The second kappa shape index (κ2) is 12.3. The van der Waals surface area contributed by atoms with Gasteiger partial charge in [0.25, 0.3) is 5.91 Å². The quantitative estimate of drug-likeness (QED) is 0.113. The SMILES string of the molecule is CC=C(Oc1ccc(F)c(F)c1)C(=O)Nc1ccc(OCCO[Si](C)(C)C(C)(C)C)c(OC(F)F)c1. The Morgan fingerprint density at radius 1 is 1.03 bits per heavy atom. The molecule has 0 aliphatic carbocycles. The second-order valence-corrected chi connectivity index (χ2v) is 14.1. The summed E-state index contributed by atoms with van der Waals surface area (Å²) < 4.78 is 74.0. The lowest BCUT2D eigenvalue weighted by molar-refractivity contribution is -0.114. The van der Waals surface area contributed by atoms with Crippen LogP contribution in [0.5, 0.6) is 17.2 Å². The molecule has 6 nitrogen and oxygen atoms in total. The molecule has 0 radical (unpaired) electrons. The van der Waals surface area contributed by atoms with E-state index in [1.54, 1.807) is 0 Å². The molecular weight excluding hydrogens is 498 g/mol. The first kappa shape index (κ1) is 29.2. The van der Waals surface area contributed by atoms with Crippen molar-refractivity contribution in [3.63, 3.8) is 0 Å². The van der Waals surface area contributed by atoms with Crippen LogP contribution in [0.4, 0.5) is 23.2 Å². The van der Waals surface area contributed by atoms with E-state index in [-0.39, 0.29) is 46.9 Å². The molecule has 0 spiro atoms. The number of nitrogens with one attached hydrogen (secondary N) is 1. The molecule has 36 heavy (non-hydrogen) atoms. The molecule has 0 saturated heterocycles. The molecule has 2 aromatic rings. The first-order valence-corrected chi connectivity index (χ1v) is 14.1. The van der Waals surface area contributed by atoms with Crippen molar-refractivity contribution in [2.24, 2.45) is 0 Å². The Morgan fingerprint density at radius 2 is 1.72 bits per heavy atom. The molecule has 0 aliphatic heterocycles. The number of carbonyl (C=O) groups is 1. The van der Waals surface area contributed by atoms with Crippen LogP contribution in [0.3, 0.4) is 0 Å². The molecule has 1 N–H and O–H groups in total. The summed E-state index contributed by atoms with van der Waals surface area (Å²) in [6.07, 6.45) is 1.31. The van der Waals surface area contributed by atoms with Crippen LogP contribution in [0, 0.1) is 11.6 Å². The average Bonchev–Trinajstić information content (AvgIpc) is 2.77. The summed E-state index contributed by atoms with van der Waals surface area (Å²) in [5.41, 5.74) is 0.119. The first-order chi connectivity index (χ1) is 16.7. The van der Waals surface area contributed by atoms with Crippen molar-refractivity contribution in [1.29, 1.82) is 0 Å². The van der Waals surface area contributed by atoms with Gasteiger partial charge in [-0.25, -0.2) is 8.78 Å². The third kappa shape index (κ3) is 8.27. The van der Waals surface area contributed by atoms with Crippen molar-refractivity contribution in [1.82, 2.24) is 0 Å². The van der Waals surface area contributed by atoms with E-state index in [0.717, 1.165) is 18.2 Å².